The Balaban J connectivity index is 2.60. The summed E-state index contributed by atoms with van der Waals surface area (Å²) < 4.78 is 61.9. The third-order valence-corrected chi connectivity index (χ3v) is 4.01. The first-order valence-corrected chi connectivity index (χ1v) is 6.42. The fraction of sp³-hybridized carbons (Fsp3) is 0.333. The summed E-state index contributed by atoms with van der Waals surface area (Å²) in [6.07, 6.45) is -3.94. The number of sulfonamides is 1. The molecule has 10 heteroatoms. The van der Waals surface area contributed by atoms with E-state index < -0.39 is 26.9 Å². The Hall–Kier alpha value is -1.68. The number of alkyl halides is 3. The van der Waals surface area contributed by atoms with Crippen LogP contribution in [0, 0.1) is 0 Å². The SMILES string of the molecule is CN(C)S(=O)(=O)c1nc2ncc(C(F)(F)F)cc2[nH]1. The molecule has 6 nitrogen and oxygen atoms in total. The van der Waals surface area contributed by atoms with Crippen LogP contribution in [0.3, 0.4) is 0 Å². The van der Waals surface area contributed by atoms with Crippen LogP contribution < -0.4 is 0 Å². The van der Waals surface area contributed by atoms with Gasteiger partial charge in [0.15, 0.2) is 5.65 Å². The number of pyridine rings is 1. The first-order valence-electron chi connectivity index (χ1n) is 4.98. The number of aromatic nitrogens is 3. The molecule has 0 saturated carbocycles. The molecule has 0 aliphatic rings. The van der Waals surface area contributed by atoms with Crippen molar-refractivity contribution in [3.8, 4) is 0 Å². The maximum absolute atomic E-state index is 12.5. The van der Waals surface area contributed by atoms with E-state index in [1.165, 1.54) is 14.1 Å². The summed E-state index contributed by atoms with van der Waals surface area (Å²) in [5, 5.41) is -0.445. The fourth-order valence-corrected chi connectivity index (χ4v) is 2.11. The van der Waals surface area contributed by atoms with Crippen molar-refractivity contribution in [1.82, 2.24) is 19.3 Å². The van der Waals surface area contributed by atoms with Crippen LogP contribution in [0.25, 0.3) is 11.2 Å². The van der Waals surface area contributed by atoms with Gasteiger partial charge in [0, 0.05) is 20.3 Å². The van der Waals surface area contributed by atoms with Crippen LogP contribution in [0.2, 0.25) is 0 Å². The molecule has 0 bridgehead atoms. The van der Waals surface area contributed by atoms with E-state index in [9.17, 15) is 21.6 Å². The first kappa shape index (κ1) is 13.7. The number of nitrogens with one attached hydrogen (secondary N) is 1. The average molecular weight is 294 g/mol. The number of aromatic amines is 1. The molecule has 2 aromatic heterocycles. The zero-order valence-corrected chi connectivity index (χ0v) is 10.7. The smallest absolute Gasteiger partial charge is 0.326 e. The highest BCUT2D eigenvalue weighted by molar-refractivity contribution is 7.88. The lowest BCUT2D eigenvalue weighted by Crippen LogP contribution is -2.23. The van der Waals surface area contributed by atoms with Gasteiger partial charge in [-0.1, -0.05) is 0 Å². The van der Waals surface area contributed by atoms with E-state index in [0.29, 0.717) is 6.20 Å². The predicted octanol–water partition coefficient (Wildman–Crippen LogP) is 1.23. The van der Waals surface area contributed by atoms with Crippen LogP contribution in [0.1, 0.15) is 5.56 Å². The third kappa shape index (κ3) is 2.40. The molecule has 2 aromatic rings. The number of hydrogen-bond donors (Lipinski definition) is 1. The van der Waals surface area contributed by atoms with Gasteiger partial charge in [0.25, 0.3) is 10.0 Å². The van der Waals surface area contributed by atoms with E-state index in [1.807, 2.05) is 0 Å². The molecule has 0 radical (unpaired) electrons. The van der Waals surface area contributed by atoms with Crippen molar-refractivity contribution >= 4 is 21.2 Å². The zero-order chi connectivity index (χ0) is 14.4. The maximum Gasteiger partial charge on any atom is 0.417 e. The molecule has 19 heavy (non-hydrogen) atoms. The molecule has 0 saturated heterocycles. The van der Waals surface area contributed by atoms with Crippen LogP contribution >= 0.6 is 0 Å². The summed E-state index contributed by atoms with van der Waals surface area (Å²) >= 11 is 0. The van der Waals surface area contributed by atoms with Crippen molar-refractivity contribution < 1.29 is 21.6 Å². The van der Waals surface area contributed by atoms with Gasteiger partial charge in [-0.25, -0.2) is 17.7 Å². The highest BCUT2D eigenvalue weighted by Gasteiger charge is 2.32. The minimum absolute atomic E-state index is 0.0877. The van der Waals surface area contributed by atoms with Crippen LogP contribution in [-0.4, -0.2) is 41.8 Å². The second-order valence-corrected chi connectivity index (χ2v) is 5.99. The van der Waals surface area contributed by atoms with Gasteiger partial charge >= 0.3 is 6.18 Å². The van der Waals surface area contributed by atoms with Gasteiger partial charge in [0.05, 0.1) is 11.1 Å². The second-order valence-electron chi connectivity index (χ2n) is 3.92. The molecule has 0 unspecified atom stereocenters. The molecule has 0 atom stereocenters. The molecule has 0 amide bonds. The molecular formula is C9H9F3N4O2S. The van der Waals surface area contributed by atoms with Gasteiger partial charge < -0.3 is 4.98 Å². The van der Waals surface area contributed by atoms with E-state index in [-0.39, 0.29) is 11.2 Å². The van der Waals surface area contributed by atoms with Gasteiger partial charge in [-0.05, 0) is 6.07 Å². The number of fused-ring (bicyclic) bond motifs is 1. The average Bonchev–Trinajstić information content (AvgIpc) is 2.70. The van der Waals surface area contributed by atoms with Gasteiger partial charge in [0.1, 0.15) is 0 Å². The Morgan fingerprint density at radius 3 is 2.47 bits per heavy atom. The van der Waals surface area contributed by atoms with E-state index in [2.05, 4.69) is 15.0 Å². The van der Waals surface area contributed by atoms with Crippen LogP contribution in [0.5, 0.6) is 0 Å². The molecule has 104 valence electrons. The number of imidazole rings is 1. The van der Waals surface area contributed by atoms with Gasteiger partial charge in [-0.2, -0.15) is 18.2 Å². The fourth-order valence-electron chi connectivity index (χ4n) is 1.33. The minimum atomic E-state index is -4.55. The summed E-state index contributed by atoms with van der Waals surface area (Å²) in [5.74, 6) is 0. The highest BCUT2D eigenvalue weighted by atomic mass is 32.2. The van der Waals surface area contributed by atoms with Crippen molar-refractivity contribution in [2.75, 3.05) is 14.1 Å². The lowest BCUT2D eigenvalue weighted by molar-refractivity contribution is -0.137. The normalized spacial score (nSPS) is 13.4. The van der Waals surface area contributed by atoms with E-state index >= 15 is 0 Å². The molecule has 0 aromatic carbocycles. The van der Waals surface area contributed by atoms with Gasteiger partial charge in [0.2, 0.25) is 5.16 Å². The predicted molar refractivity (Wildman–Crippen MR) is 59.8 cm³/mol. The van der Waals surface area contributed by atoms with Gasteiger partial charge in [-0.3, -0.25) is 0 Å². The third-order valence-electron chi connectivity index (χ3n) is 2.37. The summed E-state index contributed by atoms with van der Waals surface area (Å²) in [6, 6.07) is 0.768. The zero-order valence-electron chi connectivity index (χ0n) is 9.85. The molecule has 0 aliphatic carbocycles. The molecule has 2 rings (SSSR count). The number of H-pyrrole nitrogens is 1. The standard InChI is InChI=1S/C9H9F3N4O2S/c1-16(2)19(17,18)8-14-6-3-5(9(10,11)12)4-13-7(6)15-8/h3-4H,1-2H3,(H,13,14,15). The molecule has 0 fully saturated rings. The van der Waals surface area contributed by atoms with Crippen molar-refractivity contribution in [2.24, 2.45) is 0 Å². The van der Waals surface area contributed by atoms with Crippen molar-refractivity contribution in [1.29, 1.82) is 0 Å². The van der Waals surface area contributed by atoms with Crippen LogP contribution in [-0.2, 0) is 16.2 Å². The number of nitrogens with zero attached hydrogens (tertiary/aromatic N) is 3. The lowest BCUT2D eigenvalue weighted by atomic mass is 10.2. The summed E-state index contributed by atoms with van der Waals surface area (Å²) in [5.41, 5.74) is -1.15. The summed E-state index contributed by atoms with van der Waals surface area (Å²) in [4.78, 5) is 9.49. The quantitative estimate of drug-likeness (QED) is 0.903. The van der Waals surface area contributed by atoms with E-state index in [1.54, 1.807) is 0 Å². The van der Waals surface area contributed by atoms with E-state index in [4.69, 9.17) is 0 Å². The Kier molecular flexibility index (Phi) is 3.01. The van der Waals surface area contributed by atoms with Crippen LogP contribution in [0.15, 0.2) is 17.4 Å². The molecule has 0 aliphatic heterocycles. The summed E-state index contributed by atoms with van der Waals surface area (Å²) in [6.45, 7) is 0. The Bertz CT molecular complexity index is 721. The second kappa shape index (κ2) is 4.17. The molecule has 1 N–H and O–H groups in total. The van der Waals surface area contributed by atoms with Crippen molar-refractivity contribution in [2.45, 2.75) is 11.3 Å². The Morgan fingerprint density at radius 2 is 1.95 bits per heavy atom. The topological polar surface area (TPSA) is 79.0 Å². The number of rotatable bonds is 2. The largest absolute Gasteiger partial charge is 0.417 e. The summed E-state index contributed by atoms with van der Waals surface area (Å²) in [7, 11) is -1.26. The van der Waals surface area contributed by atoms with Crippen molar-refractivity contribution in [3.63, 3.8) is 0 Å². The van der Waals surface area contributed by atoms with Crippen LogP contribution in [0.4, 0.5) is 13.2 Å². The molecule has 2 heterocycles. The Labute approximate surface area is 106 Å². The minimum Gasteiger partial charge on any atom is -0.326 e. The van der Waals surface area contributed by atoms with E-state index in [0.717, 1.165) is 10.4 Å². The Morgan fingerprint density at radius 1 is 1.32 bits per heavy atom. The monoisotopic (exact) mass is 294 g/mol. The van der Waals surface area contributed by atoms with Gasteiger partial charge in [-0.15, -0.1) is 0 Å². The highest BCUT2D eigenvalue weighted by Crippen LogP contribution is 2.30. The first-order chi connectivity index (χ1) is 8.62. The maximum atomic E-state index is 12.5. The lowest BCUT2D eigenvalue weighted by Gasteiger charge is -2.07. The number of hydrogen-bond acceptors (Lipinski definition) is 4. The van der Waals surface area contributed by atoms with Crippen molar-refractivity contribution in [3.05, 3.63) is 17.8 Å². The molecular weight excluding hydrogens is 285 g/mol. The molecule has 0 spiro atoms. The number of halogens is 3.